The summed E-state index contributed by atoms with van der Waals surface area (Å²) >= 11 is 1.35. The molecule has 2 aromatic heterocycles. The lowest BCUT2D eigenvalue weighted by Gasteiger charge is -2.11. The summed E-state index contributed by atoms with van der Waals surface area (Å²) in [5.41, 5.74) is 0.909. The summed E-state index contributed by atoms with van der Waals surface area (Å²) in [6.07, 6.45) is 1.67. The van der Waals surface area contributed by atoms with Crippen LogP contribution < -0.4 is 5.32 Å². The molecule has 0 radical (unpaired) electrons. The average Bonchev–Trinajstić information content (AvgIpc) is 2.87. The quantitative estimate of drug-likeness (QED) is 0.834. The van der Waals surface area contributed by atoms with Gasteiger partial charge in [-0.3, -0.25) is 0 Å². The molecule has 1 unspecified atom stereocenters. The fourth-order valence-electron chi connectivity index (χ4n) is 1.31. The van der Waals surface area contributed by atoms with E-state index in [0.29, 0.717) is 0 Å². The molecule has 0 aromatic carbocycles. The molecule has 0 bridgehead atoms. The third kappa shape index (κ3) is 1.83. The predicted octanol–water partition coefficient (Wildman–Crippen LogP) is 1.83. The topological polar surface area (TPSA) is 51.0 Å². The predicted molar refractivity (Wildman–Crippen MR) is 54.1 cm³/mol. The number of hydrogen-bond acceptors (Lipinski definition) is 5. The zero-order valence-corrected chi connectivity index (χ0v) is 8.62. The molecule has 0 aliphatic rings. The molecule has 1 N–H and O–H groups in total. The Morgan fingerprint density at radius 1 is 1.64 bits per heavy atom. The zero-order chi connectivity index (χ0) is 9.80. The van der Waals surface area contributed by atoms with Crippen LogP contribution in [0, 0.1) is 0 Å². The van der Waals surface area contributed by atoms with Crippen LogP contribution in [0.4, 0.5) is 0 Å². The smallest absolute Gasteiger partial charge is 0.126 e. The van der Waals surface area contributed by atoms with Gasteiger partial charge in [0.05, 0.1) is 6.26 Å². The molecule has 2 heterocycles. The highest BCUT2D eigenvalue weighted by Crippen LogP contribution is 2.20. The van der Waals surface area contributed by atoms with E-state index in [1.54, 1.807) is 6.26 Å². The van der Waals surface area contributed by atoms with Gasteiger partial charge < -0.3 is 9.73 Å². The minimum Gasteiger partial charge on any atom is -0.467 e. The van der Waals surface area contributed by atoms with Crippen molar-refractivity contribution in [2.45, 2.75) is 13.0 Å². The van der Waals surface area contributed by atoms with Crippen LogP contribution in [0.2, 0.25) is 0 Å². The Bertz CT molecular complexity index is 323. The molecular formula is C9H11N3OS. The van der Waals surface area contributed by atoms with Crippen LogP contribution in [0.3, 0.4) is 0 Å². The number of furan rings is 1. The summed E-state index contributed by atoms with van der Waals surface area (Å²) < 4.78 is 9.19. The van der Waals surface area contributed by atoms with E-state index >= 15 is 0 Å². The van der Waals surface area contributed by atoms with Crippen molar-refractivity contribution in [3.63, 3.8) is 0 Å². The lowest BCUT2D eigenvalue weighted by atomic mass is 10.2. The van der Waals surface area contributed by atoms with Gasteiger partial charge in [0.2, 0.25) is 0 Å². The van der Waals surface area contributed by atoms with Crippen LogP contribution in [0.1, 0.15) is 24.4 Å². The van der Waals surface area contributed by atoms with Crippen LogP contribution in [-0.4, -0.2) is 16.1 Å². The Morgan fingerprint density at radius 2 is 2.57 bits per heavy atom. The summed E-state index contributed by atoms with van der Waals surface area (Å²) in [4.78, 5) is 0. The third-order valence-corrected chi connectivity index (χ3v) is 2.43. The monoisotopic (exact) mass is 209 g/mol. The molecule has 2 rings (SSSR count). The van der Waals surface area contributed by atoms with Crippen LogP contribution in [-0.2, 0) is 0 Å². The van der Waals surface area contributed by atoms with Crippen molar-refractivity contribution in [2.75, 3.05) is 6.54 Å². The first-order chi connectivity index (χ1) is 6.92. The molecule has 0 amide bonds. The highest BCUT2D eigenvalue weighted by atomic mass is 32.1. The molecule has 1 atom stereocenters. The van der Waals surface area contributed by atoms with Gasteiger partial charge in [-0.2, -0.15) is 0 Å². The maximum Gasteiger partial charge on any atom is 0.126 e. The first kappa shape index (κ1) is 9.36. The summed E-state index contributed by atoms with van der Waals surface area (Å²) in [6.45, 7) is 2.92. The fourth-order valence-corrected chi connectivity index (χ4v) is 1.79. The molecule has 0 aliphatic heterocycles. The van der Waals surface area contributed by atoms with E-state index in [9.17, 15) is 0 Å². The SMILES string of the molecule is CCNC(c1csnn1)c1ccco1. The Hall–Kier alpha value is -1.20. The molecule has 14 heavy (non-hydrogen) atoms. The van der Waals surface area contributed by atoms with Crippen molar-refractivity contribution in [1.29, 1.82) is 0 Å². The maximum absolute atomic E-state index is 5.35. The first-order valence-electron chi connectivity index (χ1n) is 4.45. The second-order valence-electron chi connectivity index (χ2n) is 2.84. The Kier molecular flexibility index (Phi) is 2.90. The minimum absolute atomic E-state index is 0.0220. The highest BCUT2D eigenvalue weighted by molar-refractivity contribution is 7.03. The summed E-state index contributed by atoms with van der Waals surface area (Å²) in [7, 11) is 0. The fraction of sp³-hybridized carbons (Fsp3) is 0.333. The van der Waals surface area contributed by atoms with Crippen molar-refractivity contribution in [2.24, 2.45) is 0 Å². The van der Waals surface area contributed by atoms with Gasteiger partial charge in [0.1, 0.15) is 17.5 Å². The Balaban J connectivity index is 2.25. The summed E-state index contributed by atoms with van der Waals surface area (Å²) in [5.74, 6) is 0.875. The highest BCUT2D eigenvalue weighted by Gasteiger charge is 2.17. The van der Waals surface area contributed by atoms with Crippen molar-refractivity contribution >= 4 is 11.5 Å². The van der Waals surface area contributed by atoms with Crippen molar-refractivity contribution in [1.82, 2.24) is 14.9 Å². The summed E-state index contributed by atoms with van der Waals surface area (Å²) in [6, 6.07) is 3.83. The number of nitrogens with one attached hydrogen (secondary N) is 1. The van der Waals surface area contributed by atoms with E-state index in [4.69, 9.17) is 4.42 Å². The van der Waals surface area contributed by atoms with Gasteiger partial charge in [0, 0.05) is 5.38 Å². The first-order valence-corrected chi connectivity index (χ1v) is 5.29. The standard InChI is InChI=1S/C9H11N3OS/c1-2-10-9(7-6-14-12-11-7)8-4-3-5-13-8/h3-6,9-10H,2H2,1H3. The lowest BCUT2D eigenvalue weighted by Crippen LogP contribution is -2.21. The Labute approximate surface area is 86.1 Å². The normalized spacial score (nSPS) is 12.9. The van der Waals surface area contributed by atoms with E-state index in [2.05, 4.69) is 21.8 Å². The number of nitrogens with zero attached hydrogens (tertiary/aromatic N) is 2. The minimum atomic E-state index is 0.0220. The summed E-state index contributed by atoms with van der Waals surface area (Å²) in [5, 5.41) is 9.26. The number of aromatic nitrogens is 2. The molecule has 5 heteroatoms. The molecule has 74 valence electrons. The van der Waals surface area contributed by atoms with E-state index in [1.807, 2.05) is 17.5 Å². The van der Waals surface area contributed by atoms with Crippen molar-refractivity contribution in [3.05, 3.63) is 35.2 Å². The third-order valence-electron chi connectivity index (χ3n) is 1.91. The van der Waals surface area contributed by atoms with Crippen LogP contribution in [0.5, 0.6) is 0 Å². The van der Waals surface area contributed by atoms with Crippen LogP contribution >= 0.6 is 11.5 Å². The van der Waals surface area contributed by atoms with Gasteiger partial charge in [-0.25, -0.2) is 0 Å². The second kappa shape index (κ2) is 4.34. The molecule has 4 nitrogen and oxygen atoms in total. The molecule has 0 saturated heterocycles. The van der Waals surface area contributed by atoms with Gasteiger partial charge in [-0.15, -0.1) is 5.10 Å². The second-order valence-corrected chi connectivity index (χ2v) is 3.45. The number of rotatable bonds is 4. The van der Waals surface area contributed by atoms with Crippen LogP contribution in [0.15, 0.2) is 28.2 Å². The number of hydrogen-bond donors (Lipinski definition) is 1. The van der Waals surface area contributed by atoms with Crippen molar-refractivity contribution in [3.8, 4) is 0 Å². The van der Waals surface area contributed by atoms with Gasteiger partial charge in [-0.05, 0) is 30.2 Å². The molecule has 2 aromatic rings. The molecule has 0 aliphatic carbocycles. The average molecular weight is 209 g/mol. The Morgan fingerprint density at radius 3 is 3.14 bits per heavy atom. The van der Waals surface area contributed by atoms with E-state index in [1.165, 1.54) is 11.5 Å². The van der Waals surface area contributed by atoms with Crippen molar-refractivity contribution < 1.29 is 4.42 Å². The zero-order valence-electron chi connectivity index (χ0n) is 7.80. The van der Waals surface area contributed by atoms with E-state index < -0.39 is 0 Å². The van der Waals surface area contributed by atoms with Gasteiger partial charge in [0.15, 0.2) is 0 Å². The maximum atomic E-state index is 5.35. The lowest BCUT2D eigenvalue weighted by molar-refractivity contribution is 0.447. The van der Waals surface area contributed by atoms with E-state index in [0.717, 1.165) is 18.0 Å². The van der Waals surface area contributed by atoms with E-state index in [-0.39, 0.29) is 6.04 Å². The molecule has 0 fully saturated rings. The molecule has 0 spiro atoms. The van der Waals surface area contributed by atoms with Gasteiger partial charge in [-0.1, -0.05) is 11.4 Å². The van der Waals surface area contributed by atoms with Gasteiger partial charge in [0.25, 0.3) is 0 Å². The molecular weight excluding hydrogens is 198 g/mol. The molecule has 0 saturated carbocycles. The van der Waals surface area contributed by atoms with Crippen LogP contribution in [0.25, 0.3) is 0 Å². The van der Waals surface area contributed by atoms with Gasteiger partial charge >= 0.3 is 0 Å². The largest absolute Gasteiger partial charge is 0.467 e.